The predicted octanol–water partition coefficient (Wildman–Crippen LogP) is 4.94. The number of amides is 1. The molecule has 0 saturated carbocycles. The van der Waals surface area contributed by atoms with Gasteiger partial charge in [-0.15, -0.1) is 0 Å². The predicted molar refractivity (Wildman–Crippen MR) is 131 cm³/mol. The Hall–Kier alpha value is -3.41. The van der Waals surface area contributed by atoms with Crippen molar-refractivity contribution in [2.75, 3.05) is 0 Å². The molecule has 1 aliphatic rings. The third kappa shape index (κ3) is 4.76. The van der Waals surface area contributed by atoms with Crippen LogP contribution >= 0.6 is 0 Å². The number of rotatable bonds is 5. The Morgan fingerprint density at radius 3 is 2.32 bits per heavy atom. The van der Waals surface area contributed by atoms with Gasteiger partial charge in [0.05, 0.1) is 0 Å². The van der Waals surface area contributed by atoms with E-state index in [1.807, 2.05) is 32.0 Å². The minimum absolute atomic E-state index is 0.0155. The van der Waals surface area contributed by atoms with Crippen LogP contribution in [0.5, 0.6) is 5.75 Å². The van der Waals surface area contributed by atoms with Gasteiger partial charge in [-0.25, -0.2) is 9.59 Å². The van der Waals surface area contributed by atoms with E-state index in [-0.39, 0.29) is 28.6 Å². The topological polar surface area (TPSA) is 85.6 Å². The lowest BCUT2D eigenvalue weighted by Crippen LogP contribution is -2.46. The minimum Gasteiger partial charge on any atom is -0.425 e. The number of aryl methyl sites for hydroxylation is 1. The van der Waals surface area contributed by atoms with Crippen LogP contribution < -0.4 is 15.7 Å². The van der Waals surface area contributed by atoms with Crippen molar-refractivity contribution < 1.29 is 18.7 Å². The first-order valence-electron chi connectivity index (χ1n) is 11.8. The molecule has 34 heavy (non-hydrogen) atoms. The first kappa shape index (κ1) is 23.7. The monoisotopic (exact) mass is 461 g/mol. The van der Waals surface area contributed by atoms with Gasteiger partial charge in [0.2, 0.25) is 0 Å². The third-order valence-electron chi connectivity index (χ3n) is 6.38. The molecule has 1 aliphatic carbocycles. The molecule has 0 aliphatic heterocycles. The Morgan fingerprint density at radius 2 is 1.68 bits per heavy atom. The second kappa shape index (κ2) is 9.09. The number of fused-ring (bicyclic) bond motifs is 3. The molecule has 1 heterocycles. The van der Waals surface area contributed by atoms with Gasteiger partial charge in [0, 0.05) is 22.6 Å². The summed E-state index contributed by atoms with van der Waals surface area (Å²) in [6, 6.07) is 11.6. The molecule has 6 heteroatoms. The Kier molecular flexibility index (Phi) is 6.34. The molecule has 0 saturated heterocycles. The largest absolute Gasteiger partial charge is 0.425 e. The molecule has 1 amide bonds. The molecule has 0 fully saturated rings. The molecular weight excluding hydrogens is 430 g/mol. The first-order chi connectivity index (χ1) is 16.0. The average molecular weight is 462 g/mol. The molecule has 3 aromatic rings. The molecule has 0 radical (unpaired) electrons. The normalized spacial score (nSPS) is 14.2. The number of benzene rings is 2. The van der Waals surface area contributed by atoms with Crippen molar-refractivity contribution in [3.8, 4) is 5.75 Å². The van der Waals surface area contributed by atoms with Crippen molar-refractivity contribution in [3.63, 3.8) is 0 Å². The van der Waals surface area contributed by atoms with Gasteiger partial charge >= 0.3 is 11.6 Å². The molecule has 178 valence electrons. The van der Waals surface area contributed by atoms with Crippen molar-refractivity contribution in [1.82, 2.24) is 5.32 Å². The van der Waals surface area contributed by atoms with Crippen LogP contribution in [0.4, 0.5) is 0 Å². The van der Waals surface area contributed by atoms with Gasteiger partial charge in [0.1, 0.15) is 17.4 Å². The Bertz CT molecular complexity index is 1300. The number of ether oxygens (including phenoxy) is 1. The summed E-state index contributed by atoms with van der Waals surface area (Å²) in [4.78, 5) is 38.1. The van der Waals surface area contributed by atoms with E-state index in [2.05, 4.69) is 26.1 Å². The van der Waals surface area contributed by atoms with E-state index < -0.39 is 12.0 Å². The van der Waals surface area contributed by atoms with Crippen LogP contribution in [-0.2, 0) is 23.1 Å². The summed E-state index contributed by atoms with van der Waals surface area (Å²) in [5, 5.41) is 3.68. The van der Waals surface area contributed by atoms with Gasteiger partial charge in [0.25, 0.3) is 5.91 Å². The van der Waals surface area contributed by atoms with Gasteiger partial charge in [-0.2, -0.15) is 0 Å². The maximum absolute atomic E-state index is 13.0. The summed E-state index contributed by atoms with van der Waals surface area (Å²) < 4.78 is 11.1. The lowest BCUT2D eigenvalue weighted by atomic mass is 9.86. The summed E-state index contributed by atoms with van der Waals surface area (Å²) in [6.45, 7) is 10.0. The van der Waals surface area contributed by atoms with E-state index in [1.54, 1.807) is 24.3 Å². The third-order valence-corrected chi connectivity index (χ3v) is 6.38. The smallest absolute Gasteiger partial charge is 0.339 e. The highest BCUT2D eigenvalue weighted by atomic mass is 16.5. The Labute approximate surface area is 199 Å². The van der Waals surface area contributed by atoms with E-state index >= 15 is 0 Å². The SMILES string of the molecule is CC(C)[C@@H](NC(=O)c1ccc(C(C)(C)C)cc1)C(=O)Oc1ccc2c3c(c(=O)oc2c1)CCC3. The zero-order chi connectivity index (χ0) is 24.6. The highest BCUT2D eigenvalue weighted by Gasteiger charge is 2.27. The fourth-order valence-electron chi connectivity index (χ4n) is 4.35. The van der Waals surface area contributed by atoms with Crippen LogP contribution in [0, 0.1) is 5.92 Å². The molecule has 1 atom stereocenters. The highest BCUT2D eigenvalue weighted by molar-refractivity contribution is 5.97. The van der Waals surface area contributed by atoms with Crippen LogP contribution in [0.3, 0.4) is 0 Å². The Balaban J connectivity index is 1.51. The molecule has 0 spiro atoms. The molecule has 4 rings (SSSR count). The maximum Gasteiger partial charge on any atom is 0.339 e. The highest BCUT2D eigenvalue weighted by Crippen LogP contribution is 2.30. The number of nitrogens with one attached hydrogen (secondary N) is 1. The van der Waals surface area contributed by atoms with E-state index in [0.717, 1.165) is 41.3 Å². The van der Waals surface area contributed by atoms with E-state index in [4.69, 9.17) is 9.15 Å². The van der Waals surface area contributed by atoms with Crippen molar-refractivity contribution in [2.45, 2.75) is 65.3 Å². The molecular formula is C28H31NO5. The van der Waals surface area contributed by atoms with Crippen molar-refractivity contribution in [1.29, 1.82) is 0 Å². The standard InChI is InChI=1S/C28H31NO5/c1-16(2)24(29-25(30)17-9-11-18(12-10-17)28(3,4)5)27(32)33-19-13-14-21-20-7-6-8-22(20)26(31)34-23(21)15-19/h9-16,24H,6-8H2,1-5H3,(H,29,30)/t24-/m1/s1. The van der Waals surface area contributed by atoms with Crippen LogP contribution in [0.25, 0.3) is 11.0 Å². The summed E-state index contributed by atoms with van der Waals surface area (Å²) >= 11 is 0. The van der Waals surface area contributed by atoms with Crippen LogP contribution in [0.2, 0.25) is 0 Å². The molecule has 6 nitrogen and oxygen atoms in total. The van der Waals surface area contributed by atoms with Gasteiger partial charge in [-0.05, 0) is 66.0 Å². The molecule has 2 aromatic carbocycles. The summed E-state index contributed by atoms with van der Waals surface area (Å²) in [5.41, 5.74) is 3.43. The quantitative estimate of drug-likeness (QED) is 0.330. The zero-order valence-corrected chi connectivity index (χ0v) is 20.4. The van der Waals surface area contributed by atoms with Crippen LogP contribution in [0.1, 0.15) is 68.1 Å². The van der Waals surface area contributed by atoms with Gasteiger partial charge < -0.3 is 14.5 Å². The molecule has 0 bridgehead atoms. The summed E-state index contributed by atoms with van der Waals surface area (Å²) in [6.07, 6.45) is 2.51. The second-order valence-electron chi connectivity index (χ2n) is 10.3. The Morgan fingerprint density at radius 1 is 1.00 bits per heavy atom. The van der Waals surface area contributed by atoms with Gasteiger partial charge in [-0.1, -0.05) is 46.8 Å². The van der Waals surface area contributed by atoms with Crippen LogP contribution in [-0.4, -0.2) is 17.9 Å². The summed E-state index contributed by atoms with van der Waals surface area (Å²) in [7, 11) is 0. The minimum atomic E-state index is -0.836. The van der Waals surface area contributed by atoms with Crippen LogP contribution in [0.15, 0.2) is 51.7 Å². The van der Waals surface area contributed by atoms with E-state index in [1.165, 1.54) is 0 Å². The molecule has 1 aromatic heterocycles. The van der Waals surface area contributed by atoms with Crippen molar-refractivity contribution >= 4 is 22.8 Å². The number of hydrogen-bond donors (Lipinski definition) is 1. The molecule has 0 unspecified atom stereocenters. The first-order valence-corrected chi connectivity index (χ1v) is 11.8. The fraction of sp³-hybridized carbons (Fsp3) is 0.393. The maximum atomic E-state index is 13.0. The molecule has 1 N–H and O–H groups in total. The number of carbonyl (C=O) groups excluding carboxylic acids is 2. The number of esters is 1. The fourth-order valence-corrected chi connectivity index (χ4v) is 4.35. The van der Waals surface area contributed by atoms with Gasteiger partial charge in [-0.3, -0.25) is 4.79 Å². The van der Waals surface area contributed by atoms with Crippen molar-refractivity contribution in [3.05, 3.63) is 75.1 Å². The lowest BCUT2D eigenvalue weighted by Gasteiger charge is -2.22. The van der Waals surface area contributed by atoms with E-state index in [9.17, 15) is 14.4 Å². The van der Waals surface area contributed by atoms with Crippen molar-refractivity contribution in [2.24, 2.45) is 5.92 Å². The lowest BCUT2D eigenvalue weighted by molar-refractivity contribution is -0.137. The summed E-state index contributed by atoms with van der Waals surface area (Å²) in [5.74, 6) is -0.825. The average Bonchev–Trinajstić information content (AvgIpc) is 3.27. The zero-order valence-electron chi connectivity index (χ0n) is 20.4. The van der Waals surface area contributed by atoms with Gasteiger partial charge in [0.15, 0.2) is 0 Å². The second-order valence-corrected chi connectivity index (χ2v) is 10.3. The number of carbonyl (C=O) groups is 2. The number of hydrogen-bond acceptors (Lipinski definition) is 5. The van der Waals surface area contributed by atoms with E-state index in [0.29, 0.717) is 11.1 Å².